The van der Waals surface area contributed by atoms with Gasteiger partial charge < -0.3 is 20.5 Å². The van der Waals surface area contributed by atoms with E-state index in [4.69, 9.17) is 0 Å². The molecule has 5 atom stereocenters. The maximum absolute atomic E-state index is 15.0. The van der Waals surface area contributed by atoms with Crippen LogP contribution in [0, 0.1) is 30.1 Å². The van der Waals surface area contributed by atoms with Crippen molar-refractivity contribution in [3.05, 3.63) is 35.5 Å². The van der Waals surface area contributed by atoms with E-state index in [0.717, 1.165) is 11.1 Å². The molecule has 4 fully saturated rings. The number of amides is 3. The van der Waals surface area contributed by atoms with E-state index in [-0.39, 0.29) is 18.7 Å². The topological polar surface area (TPSA) is 118 Å². The zero-order valence-corrected chi connectivity index (χ0v) is 19.3. The Hall–Kier alpha value is -3.48. The molecule has 3 amide bonds. The first-order valence-electron chi connectivity index (χ1n) is 12.0. The van der Waals surface area contributed by atoms with Crippen LogP contribution in [-0.4, -0.2) is 58.2 Å². The number of hydrogen-bond donors (Lipinski definition) is 3. The normalized spacial score (nSPS) is 27.9. The number of aromatic nitrogens is 1. The first kappa shape index (κ1) is 23.3. The van der Waals surface area contributed by atoms with Crippen molar-refractivity contribution in [3.8, 4) is 6.07 Å². The SMILES string of the molecule is Cc1cc2cccc(C(=O)N3[C@@H]4CC[C@H]([C@H]3C(=O)N[C@H](C#N)C[C@H]3CCNC3=O)C(F)(F)C4)c2[nH]1. The maximum Gasteiger partial charge on any atom is 0.256 e. The summed E-state index contributed by atoms with van der Waals surface area (Å²) in [5.74, 6) is -6.29. The lowest BCUT2D eigenvalue weighted by Gasteiger charge is -2.53. The lowest BCUT2D eigenvalue weighted by atomic mass is 9.71. The van der Waals surface area contributed by atoms with Crippen molar-refractivity contribution in [2.75, 3.05) is 6.54 Å². The van der Waals surface area contributed by atoms with Crippen molar-refractivity contribution < 1.29 is 23.2 Å². The minimum Gasteiger partial charge on any atom is -0.358 e. The number of hydrogen-bond acceptors (Lipinski definition) is 4. The van der Waals surface area contributed by atoms with Crippen molar-refractivity contribution in [1.29, 1.82) is 5.26 Å². The summed E-state index contributed by atoms with van der Waals surface area (Å²) in [4.78, 5) is 43.6. The predicted octanol–water partition coefficient (Wildman–Crippen LogP) is 2.64. The summed E-state index contributed by atoms with van der Waals surface area (Å²) in [6, 6.07) is 5.88. The van der Waals surface area contributed by atoms with Crippen LogP contribution in [0.25, 0.3) is 10.9 Å². The number of alkyl halides is 2. The second-order valence-corrected chi connectivity index (χ2v) is 9.88. The number of aromatic amines is 1. The predicted molar refractivity (Wildman–Crippen MR) is 122 cm³/mol. The van der Waals surface area contributed by atoms with Gasteiger partial charge in [0.25, 0.3) is 11.8 Å². The van der Waals surface area contributed by atoms with E-state index in [2.05, 4.69) is 15.6 Å². The first-order chi connectivity index (χ1) is 16.7. The number of H-pyrrole nitrogens is 1. The third kappa shape index (κ3) is 4.03. The lowest BCUT2D eigenvalue weighted by Crippen LogP contribution is -2.68. The van der Waals surface area contributed by atoms with Crippen LogP contribution >= 0.6 is 0 Å². The fraction of sp³-hybridized carbons (Fsp3) is 0.520. The van der Waals surface area contributed by atoms with Gasteiger partial charge in [-0.15, -0.1) is 0 Å². The van der Waals surface area contributed by atoms with E-state index in [1.807, 2.05) is 25.1 Å². The summed E-state index contributed by atoms with van der Waals surface area (Å²) in [6.07, 6.45) is 0.660. The highest BCUT2D eigenvalue weighted by Gasteiger charge is 2.60. The number of piperidine rings is 2. The molecule has 4 heterocycles. The summed E-state index contributed by atoms with van der Waals surface area (Å²) in [7, 11) is 0. The molecule has 3 N–H and O–H groups in total. The van der Waals surface area contributed by atoms with E-state index >= 15 is 0 Å². The van der Waals surface area contributed by atoms with Gasteiger partial charge in [0.15, 0.2) is 0 Å². The van der Waals surface area contributed by atoms with Gasteiger partial charge in [-0.1, -0.05) is 12.1 Å². The smallest absolute Gasteiger partial charge is 0.256 e. The van der Waals surface area contributed by atoms with Crippen LogP contribution in [0.5, 0.6) is 0 Å². The lowest BCUT2D eigenvalue weighted by molar-refractivity contribution is -0.179. The highest BCUT2D eigenvalue weighted by molar-refractivity contribution is 6.07. The highest BCUT2D eigenvalue weighted by Crippen LogP contribution is 2.49. The van der Waals surface area contributed by atoms with Gasteiger partial charge in [0.1, 0.15) is 12.1 Å². The van der Waals surface area contributed by atoms with Gasteiger partial charge in [0.05, 0.1) is 23.1 Å². The van der Waals surface area contributed by atoms with E-state index in [1.165, 1.54) is 4.90 Å². The van der Waals surface area contributed by atoms with Gasteiger partial charge in [-0.05, 0) is 44.7 Å². The fourth-order valence-corrected chi connectivity index (χ4v) is 5.97. The molecule has 3 saturated heterocycles. The first-order valence-corrected chi connectivity index (χ1v) is 12.0. The van der Waals surface area contributed by atoms with E-state index in [1.54, 1.807) is 12.1 Å². The van der Waals surface area contributed by atoms with Crippen molar-refractivity contribution in [1.82, 2.24) is 20.5 Å². The minimum atomic E-state index is -3.09. The number of carbonyl (C=O) groups is 3. The molecule has 1 aliphatic carbocycles. The molecule has 1 aromatic carbocycles. The zero-order valence-electron chi connectivity index (χ0n) is 19.3. The van der Waals surface area contributed by atoms with Crippen LogP contribution in [0.4, 0.5) is 8.78 Å². The standard InChI is InChI=1S/C25H27F2N5O3/c1-13-9-14-3-2-4-18(20(14)30-13)24(35)32-17-5-6-19(25(26,27)11-17)21(32)23(34)31-16(12-28)10-15-7-8-29-22(15)33/h2-4,9,15-17,19,21,30H,5-8,10-11H2,1H3,(H,29,33)(H,31,34)/t15-,16+,17-,19-,21+/m1/s1. The number of nitriles is 1. The van der Waals surface area contributed by atoms with Gasteiger partial charge in [0, 0.05) is 36.0 Å². The molecule has 0 radical (unpaired) electrons. The van der Waals surface area contributed by atoms with Crippen molar-refractivity contribution in [2.45, 2.75) is 63.1 Å². The van der Waals surface area contributed by atoms with Crippen molar-refractivity contribution in [2.24, 2.45) is 11.8 Å². The quantitative estimate of drug-likeness (QED) is 0.606. The molecule has 1 aromatic heterocycles. The molecule has 6 rings (SSSR count). The average molecular weight is 484 g/mol. The number of rotatable bonds is 5. The van der Waals surface area contributed by atoms with Gasteiger partial charge in [-0.25, -0.2) is 8.78 Å². The van der Waals surface area contributed by atoms with Gasteiger partial charge in [-0.2, -0.15) is 5.26 Å². The number of halogens is 2. The molecule has 0 unspecified atom stereocenters. The number of benzene rings is 1. The second-order valence-electron chi connectivity index (χ2n) is 9.88. The number of nitrogens with zero attached hydrogens (tertiary/aromatic N) is 2. The molecule has 184 valence electrons. The Morgan fingerprint density at radius 2 is 2.11 bits per heavy atom. The van der Waals surface area contributed by atoms with Gasteiger partial charge >= 0.3 is 0 Å². The van der Waals surface area contributed by atoms with Gasteiger partial charge in [0.2, 0.25) is 11.8 Å². The van der Waals surface area contributed by atoms with Crippen LogP contribution in [0.1, 0.15) is 48.2 Å². The minimum absolute atomic E-state index is 0.0975. The molecule has 0 spiro atoms. The summed E-state index contributed by atoms with van der Waals surface area (Å²) in [6.45, 7) is 2.36. The molecule has 1 saturated carbocycles. The van der Waals surface area contributed by atoms with Crippen LogP contribution in [0.15, 0.2) is 24.3 Å². The second kappa shape index (κ2) is 8.63. The van der Waals surface area contributed by atoms with Crippen LogP contribution in [0.3, 0.4) is 0 Å². The van der Waals surface area contributed by atoms with Crippen LogP contribution < -0.4 is 10.6 Å². The summed E-state index contributed by atoms with van der Waals surface area (Å²) in [5, 5.41) is 15.7. The molecule has 2 aromatic rings. The number of para-hydroxylation sites is 1. The number of aryl methyl sites for hydroxylation is 1. The largest absolute Gasteiger partial charge is 0.358 e. The Kier molecular flexibility index (Phi) is 5.74. The number of fused-ring (bicyclic) bond motifs is 4. The molecule has 35 heavy (non-hydrogen) atoms. The van der Waals surface area contributed by atoms with Crippen molar-refractivity contribution in [3.63, 3.8) is 0 Å². The highest BCUT2D eigenvalue weighted by atomic mass is 19.3. The molecule has 2 bridgehead atoms. The molecular formula is C25H27F2N5O3. The maximum atomic E-state index is 15.0. The average Bonchev–Trinajstić information content (AvgIpc) is 3.40. The molecule has 8 nitrogen and oxygen atoms in total. The van der Waals surface area contributed by atoms with E-state index in [9.17, 15) is 28.4 Å². The Bertz CT molecular complexity index is 1240. The zero-order chi connectivity index (χ0) is 24.9. The van der Waals surface area contributed by atoms with Crippen LogP contribution in [-0.2, 0) is 9.59 Å². The van der Waals surface area contributed by atoms with Crippen LogP contribution in [0.2, 0.25) is 0 Å². The fourth-order valence-electron chi connectivity index (χ4n) is 5.97. The van der Waals surface area contributed by atoms with Crippen molar-refractivity contribution >= 4 is 28.6 Å². The number of carbonyl (C=O) groups excluding carboxylic acids is 3. The molecule has 10 heteroatoms. The van der Waals surface area contributed by atoms with E-state index in [0.29, 0.717) is 30.5 Å². The van der Waals surface area contributed by atoms with E-state index < -0.39 is 54.1 Å². The molecular weight excluding hydrogens is 456 g/mol. The van der Waals surface area contributed by atoms with Gasteiger partial charge in [-0.3, -0.25) is 14.4 Å². The Balaban J connectivity index is 1.45. The molecule has 3 aliphatic heterocycles. The Labute approximate surface area is 201 Å². The third-order valence-electron chi connectivity index (χ3n) is 7.62. The summed E-state index contributed by atoms with van der Waals surface area (Å²) in [5.41, 5.74) is 1.78. The summed E-state index contributed by atoms with van der Waals surface area (Å²) < 4.78 is 29.9. The summed E-state index contributed by atoms with van der Waals surface area (Å²) >= 11 is 0. The monoisotopic (exact) mass is 483 g/mol. The Morgan fingerprint density at radius 3 is 2.80 bits per heavy atom. The molecule has 4 aliphatic rings. The number of nitrogens with one attached hydrogen (secondary N) is 3. The third-order valence-corrected chi connectivity index (χ3v) is 7.62. The Morgan fingerprint density at radius 1 is 1.31 bits per heavy atom.